The topological polar surface area (TPSA) is 104 Å². The van der Waals surface area contributed by atoms with Crippen molar-refractivity contribution < 1.29 is 18.4 Å². The first kappa shape index (κ1) is 22.0. The van der Waals surface area contributed by atoms with Gasteiger partial charge in [-0.05, 0) is 29.8 Å². The molecular formula is C21H15ClF2N4O3S. The van der Waals surface area contributed by atoms with Gasteiger partial charge in [0.1, 0.15) is 17.5 Å². The third kappa shape index (κ3) is 4.66. The smallest absolute Gasteiger partial charge is 0.257 e. The van der Waals surface area contributed by atoms with Gasteiger partial charge >= 0.3 is 0 Å². The number of halogens is 3. The van der Waals surface area contributed by atoms with Gasteiger partial charge < -0.3 is 15.6 Å². The van der Waals surface area contributed by atoms with Gasteiger partial charge in [0.25, 0.3) is 5.56 Å². The van der Waals surface area contributed by atoms with E-state index in [-0.39, 0.29) is 45.2 Å². The number of thioether (sulfide) groups is 1. The van der Waals surface area contributed by atoms with E-state index >= 15 is 0 Å². The minimum atomic E-state index is -1.11. The number of amides is 2. The average Bonchev–Trinajstić information content (AvgIpc) is 2.75. The van der Waals surface area contributed by atoms with Crippen molar-refractivity contribution in [2.75, 3.05) is 10.6 Å². The van der Waals surface area contributed by atoms with E-state index in [9.17, 15) is 23.2 Å². The molecule has 0 fully saturated rings. The van der Waals surface area contributed by atoms with Crippen molar-refractivity contribution in [3.05, 3.63) is 80.6 Å². The predicted octanol–water partition coefficient (Wildman–Crippen LogP) is 4.06. The number of hydrogen-bond acceptors (Lipinski definition) is 5. The molecule has 2 aromatic carbocycles. The Morgan fingerprint density at radius 2 is 1.97 bits per heavy atom. The van der Waals surface area contributed by atoms with Gasteiger partial charge in [-0.2, -0.15) is 0 Å². The lowest BCUT2D eigenvalue weighted by Crippen LogP contribution is -2.36. The molecule has 11 heteroatoms. The van der Waals surface area contributed by atoms with E-state index in [4.69, 9.17) is 11.6 Å². The molecule has 3 aromatic rings. The number of benzene rings is 2. The Bertz CT molecular complexity index is 1280. The monoisotopic (exact) mass is 476 g/mol. The van der Waals surface area contributed by atoms with Crippen LogP contribution in [0.1, 0.15) is 23.5 Å². The van der Waals surface area contributed by atoms with Gasteiger partial charge in [-0.3, -0.25) is 14.4 Å². The van der Waals surface area contributed by atoms with Crippen molar-refractivity contribution in [1.82, 2.24) is 9.97 Å². The quantitative estimate of drug-likeness (QED) is 0.380. The number of carbonyl (C=O) groups is 2. The molecule has 2 amide bonds. The number of fused-ring (bicyclic) bond motifs is 1. The molecular weight excluding hydrogens is 462 g/mol. The normalized spacial score (nSPS) is 15.1. The van der Waals surface area contributed by atoms with Crippen LogP contribution in [0.5, 0.6) is 0 Å². The summed E-state index contributed by atoms with van der Waals surface area (Å²) in [5.74, 6) is -3.08. The van der Waals surface area contributed by atoms with Gasteiger partial charge in [0.15, 0.2) is 5.16 Å². The number of aromatic nitrogens is 2. The Morgan fingerprint density at radius 1 is 1.19 bits per heavy atom. The van der Waals surface area contributed by atoms with Crippen LogP contribution in [-0.2, 0) is 15.3 Å². The van der Waals surface area contributed by atoms with Gasteiger partial charge in [0, 0.05) is 17.9 Å². The maximum absolute atomic E-state index is 13.8. The summed E-state index contributed by atoms with van der Waals surface area (Å²) in [6.07, 6.45) is -0.264. The first-order chi connectivity index (χ1) is 15.3. The summed E-state index contributed by atoms with van der Waals surface area (Å²) >= 11 is 6.81. The molecule has 0 saturated heterocycles. The highest BCUT2D eigenvalue weighted by atomic mass is 35.5. The molecule has 2 heterocycles. The molecule has 0 unspecified atom stereocenters. The molecule has 164 valence electrons. The molecule has 1 aliphatic rings. The molecule has 0 radical (unpaired) electrons. The van der Waals surface area contributed by atoms with Gasteiger partial charge in [-0.1, -0.05) is 41.6 Å². The molecule has 4 rings (SSSR count). The minimum Gasteiger partial charge on any atom is -0.325 e. The van der Waals surface area contributed by atoms with Crippen LogP contribution in [0.15, 0.2) is 52.4 Å². The molecule has 1 aromatic heterocycles. The standard InChI is InChI=1S/C21H15ClF2N4O3S/c22-13-7-11(5-6-15(13)24)25-19(30)12-8-16(29)26-18-17(12)20(31)28-21(27-18)32-9-10-3-1-2-4-14(10)23/h1-7,12H,8-9H2,(H,25,30)(H2,26,27,28,29,31)/t12-/m0/s1. The molecule has 0 aliphatic carbocycles. The number of H-pyrrole nitrogens is 1. The third-order valence-corrected chi connectivity index (χ3v) is 5.97. The van der Waals surface area contributed by atoms with E-state index in [1.807, 2.05) is 0 Å². The summed E-state index contributed by atoms with van der Waals surface area (Å²) in [4.78, 5) is 44.5. The lowest BCUT2D eigenvalue weighted by molar-refractivity contribution is -0.123. The molecule has 32 heavy (non-hydrogen) atoms. The van der Waals surface area contributed by atoms with Crippen LogP contribution in [0.4, 0.5) is 20.3 Å². The summed E-state index contributed by atoms with van der Waals surface area (Å²) in [5, 5.41) is 5.04. The van der Waals surface area contributed by atoms with E-state index in [1.54, 1.807) is 18.2 Å². The molecule has 7 nitrogen and oxygen atoms in total. The summed E-state index contributed by atoms with van der Waals surface area (Å²) in [6, 6.07) is 9.84. The van der Waals surface area contributed by atoms with E-state index in [1.165, 1.54) is 18.2 Å². The second-order valence-corrected chi connectivity index (χ2v) is 8.31. The SMILES string of the molecule is O=C1C[C@H](C(=O)Nc2ccc(F)c(Cl)c2)c2c(nc(SCc3ccccc3F)[nH]c2=O)N1. The number of aromatic amines is 1. The van der Waals surface area contributed by atoms with Gasteiger partial charge in [0.2, 0.25) is 11.8 Å². The van der Waals surface area contributed by atoms with Crippen LogP contribution in [0.2, 0.25) is 5.02 Å². The second kappa shape index (κ2) is 9.09. The maximum Gasteiger partial charge on any atom is 0.257 e. The van der Waals surface area contributed by atoms with Crippen molar-refractivity contribution in [3.8, 4) is 0 Å². The fourth-order valence-corrected chi connectivity index (χ4v) is 4.24. The van der Waals surface area contributed by atoms with Crippen LogP contribution < -0.4 is 16.2 Å². The zero-order valence-corrected chi connectivity index (χ0v) is 17.8. The average molecular weight is 477 g/mol. The number of carbonyl (C=O) groups excluding carboxylic acids is 2. The third-order valence-electron chi connectivity index (χ3n) is 4.76. The first-order valence-corrected chi connectivity index (χ1v) is 10.7. The van der Waals surface area contributed by atoms with Crippen molar-refractivity contribution in [3.63, 3.8) is 0 Å². The van der Waals surface area contributed by atoms with Crippen molar-refractivity contribution >= 4 is 46.7 Å². The summed E-state index contributed by atoms with van der Waals surface area (Å²) in [6.45, 7) is 0. The summed E-state index contributed by atoms with van der Waals surface area (Å²) < 4.78 is 27.2. The van der Waals surface area contributed by atoms with E-state index in [0.717, 1.165) is 17.8 Å². The van der Waals surface area contributed by atoms with Crippen LogP contribution in [0.3, 0.4) is 0 Å². The van der Waals surface area contributed by atoms with Gasteiger partial charge in [0.05, 0.1) is 16.5 Å². The van der Waals surface area contributed by atoms with Crippen LogP contribution in [0, 0.1) is 11.6 Å². The largest absolute Gasteiger partial charge is 0.325 e. The number of nitrogens with zero attached hydrogens (tertiary/aromatic N) is 1. The Morgan fingerprint density at radius 3 is 2.72 bits per heavy atom. The summed E-state index contributed by atoms with van der Waals surface area (Å²) in [5.41, 5.74) is 0.0568. The maximum atomic E-state index is 13.8. The summed E-state index contributed by atoms with van der Waals surface area (Å²) in [7, 11) is 0. The number of rotatable bonds is 5. The Balaban J connectivity index is 1.58. The van der Waals surface area contributed by atoms with Crippen LogP contribution >= 0.6 is 23.4 Å². The van der Waals surface area contributed by atoms with E-state index in [2.05, 4.69) is 20.6 Å². The molecule has 1 atom stereocenters. The second-order valence-electron chi connectivity index (χ2n) is 6.94. The molecule has 0 bridgehead atoms. The fraction of sp³-hybridized carbons (Fsp3) is 0.143. The number of anilines is 2. The predicted molar refractivity (Wildman–Crippen MR) is 117 cm³/mol. The zero-order chi connectivity index (χ0) is 22.8. The van der Waals surface area contributed by atoms with E-state index in [0.29, 0.717) is 5.56 Å². The Labute approximate surface area is 189 Å². The lowest BCUT2D eigenvalue weighted by Gasteiger charge is -2.23. The molecule has 3 N–H and O–H groups in total. The highest BCUT2D eigenvalue weighted by molar-refractivity contribution is 7.98. The molecule has 0 spiro atoms. The number of nitrogens with one attached hydrogen (secondary N) is 3. The Hall–Kier alpha value is -3.24. The highest BCUT2D eigenvalue weighted by Crippen LogP contribution is 2.31. The van der Waals surface area contributed by atoms with Gasteiger partial charge in [-0.25, -0.2) is 13.8 Å². The van der Waals surface area contributed by atoms with Crippen LogP contribution in [-0.4, -0.2) is 21.8 Å². The van der Waals surface area contributed by atoms with Gasteiger partial charge in [-0.15, -0.1) is 0 Å². The van der Waals surface area contributed by atoms with Crippen molar-refractivity contribution in [2.24, 2.45) is 0 Å². The Kier molecular flexibility index (Phi) is 6.24. The lowest BCUT2D eigenvalue weighted by atomic mass is 9.92. The van der Waals surface area contributed by atoms with Crippen LogP contribution in [0.25, 0.3) is 0 Å². The molecule has 1 aliphatic heterocycles. The van der Waals surface area contributed by atoms with Crippen molar-refractivity contribution in [1.29, 1.82) is 0 Å². The molecule has 0 saturated carbocycles. The zero-order valence-electron chi connectivity index (χ0n) is 16.2. The number of hydrogen-bond donors (Lipinski definition) is 3. The first-order valence-electron chi connectivity index (χ1n) is 9.38. The minimum absolute atomic E-state index is 0.00514. The van der Waals surface area contributed by atoms with E-state index < -0.39 is 29.1 Å². The highest BCUT2D eigenvalue weighted by Gasteiger charge is 2.34. The van der Waals surface area contributed by atoms with Crippen molar-refractivity contribution in [2.45, 2.75) is 23.2 Å². The fourth-order valence-electron chi connectivity index (χ4n) is 3.21.